The number of carboxylic acids is 1. The van der Waals surface area contributed by atoms with E-state index in [0.29, 0.717) is 78.3 Å². The fourth-order valence-electron chi connectivity index (χ4n) is 5.15. The fourth-order valence-corrected chi connectivity index (χ4v) is 5.15. The zero-order valence-electron chi connectivity index (χ0n) is 27.1. The summed E-state index contributed by atoms with van der Waals surface area (Å²) in [5.74, 6) is 0.779. The second-order valence-electron chi connectivity index (χ2n) is 11.2. The van der Waals surface area contributed by atoms with Gasteiger partial charge < -0.3 is 39.0 Å². The van der Waals surface area contributed by atoms with Crippen LogP contribution < -0.4 is 10.1 Å². The van der Waals surface area contributed by atoms with Gasteiger partial charge in [-0.3, -0.25) is 4.79 Å². The van der Waals surface area contributed by atoms with Gasteiger partial charge in [-0.1, -0.05) is 23.3 Å². The van der Waals surface area contributed by atoms with Crippen molar-refractivity contribution in [3.05, 3.63) is 63.7 Å². The number of rotatable bonds is 26. The molecule has 13 heteroatoms. The molecule has 1 aliphatic heterocycles. The van der Waals surface area contributed by atoms with Gasteiger partial charge in [0.25, 0.3) is 0 Å². The smallest absolute Gasteiger partial charge is 0.304 e. The first-order valence-electron chi connectivity index (χ1n) is 16.2. The zero-order chi connectivity index (χ0) is 32.7. The second kappa shape index (κ2) is 23.0. The predicted molar refractivity (Wildman–Crippen MR) is 176 cm³/mol. The van der Waals surface area contributed by atoms with Gasteiger partial charge in [-0.2, -0.15) is 0 Å². The lowest BCUT2D eigenvalue weighted by Gasteiger charge is -2.24. The van der Waals surface area contributed by atoms with Crippen LogP contribution in [0.2, 0.25) is 0 Å². The molecule has 254 valence electrons. The molecule has 0 amide bonds. The van der Waals surface area contributed by atoms with Crippen molar-refractivity contribution < 1.29 is 33.6 Å². The highest BCUT2D eigenvalue weighted by Gasteiger charge is 2.19. The Hall–Kier alpha value is -3.45. The zero-order valence-corrected chi connectivity index (χ0v) is 27.1. The minimum Gasteiger partial charge on any atom is -0.491 e. The maximum Gasteiger partial charge on any atom is 0.304 e. The summed E-state index contributed by atoms with van der Waals surface area (Å²) in [5.41, 5.74) is 11.6. The SMILES string of the molecule is CN(CCCCc1ccc2c(n1)NCCC2)C[C@@H](CC(=O)O)c1cccc(OCCOCCOCCOCCOCCN=[N+]=[N-])c1. The minimum atomic E-state index is -0.813. The van der Waals surface area contributed by atoms with Crippen LogP contribution in [-0.4, -0.2) is 114 Å². The molecule has 0 unspecified atom stereocenters. The molecule has 0 saturated heterocycles. The van der Waals surface area contributed by atoms with Gasteiger partial charge in [-0.05, 0) is 80.6 Å². The molecule has 1 aromatic carbocycles. The molecule has 0 fully saturated rings. The number of unbranched alkanes of at least 4 members (excludes halogenated alkanes) is 1. The number of aromatic nitrogens is 1. The van der Waals surface area contributed by atoms with E-state index in [2.05, 4.69) is 39.4 Å². The van der Waals surface area contributed by atoms with Crippen LogP contribution in [0.1, 0.15) is 48.4 Å². The van der Waals surface area contributed by atoms with Crippen molar-refractivity contribution in [2.24, 2.45) is 5.11 Å². The number of nitrogens with zero attached hydrogens (tertiary/aromatic N) is 5. The average molecular weight is 643 g/mol. The number of azide groups is 1. The molecular formula is C33H50N6O7. The lowest BCUT2D eigenvalue weighted by atomic mass is 9.95. The number of nitrogens with one attached hydrogen (secondary N) is 1. The number of benzene rings is 1. The average Bonchev–Trinajstić information content (AvgIpc) is 3.06. The Balaban J connectivity index is 1.27. The molecular weight excluding hydrogens is 592 g/mol. The molecule has 1 aromatic heterocycles. The van der Waals surface area contributed by atoms with E-state index in [1.54, 1.807) is 0 Å². The highest BCUT2D eigenvalue weighted by molar-refractivity contribution is 5.68. The Bertz CT molecular complexity index is 1200. The Labute approximate surface area is 272 Å². The van der Waals surface area contributed by atoms with Crippen LogP contribution in [0, 0.1) is 0 Å². The fraction of sp³-hybridized carbons (Fsp3) is 0.636. The van der Waals surface area contributed by atoms with E-state index < -0.39 is 5.97 Å². The first kappa shape index (κ1) is 37.0. The van der Waals surface area contributed by atoms with Crippen molar-refractivity contribution in [3.8, 4) is 5.75 Å². The molecule has 2 N–H and O–H groups in total. The molecule has 2 heterocycles. The highest BCUT2D eigenvalue weighted by atomic mass is 16.6. The molecule has 3 rings (SSSR count). The third-order valence-electron chi connectivity index (χ3n) is 7.47. The summed E-state index contributed by atoms with van der Waals surface area (Å²) < 4.78 is 27.6. The van der Waals surface area contributed by atoms with E-state index in [9.17, 15) is 9.90 Å². The van der Waals surface area contributed by atoms with Crippen molar-refractivity contribution in [3.63, 3.8) is 0 Å². The van der Waals surface area contributed by atoms with Gasteiger partial charge in [0.2, 0.25) is 0 Å². The Morgan fingerprint density at radius 2 is 1.74 bits per heavy atom. The monoisotopic (exact) mass is 642 g/mol. The van der Waals surface area contributed by atoms with Crippen LogP contribution in [-0.2, 0) is 36.6 Å². The summed E-state index contributed by atoms with van der Waals surface area (Å²) in [5, 5.41) is 16.4. The molecule has 2 aromatic rings. The van der Waals surface area contributed by atoms with Gasteiger partial charge in [0, 0.05) is 36.2 Å². The van der Waals surface area contributed by atoms with Crippen LogP contribution in [0.25, 0.3) is 10.4 Å². The third-order valence-corrected chi connectivity index (χ3v) is 7.47. The maximum atomic E-state index is 11.7. The molecule has 0 aliphatic carbocycles. The quantitative estimate of drug-likeness (QED) is 0.0637. The summed E-state index contributed by atoms with van der Waals surface area (Å²) in [6, 6.07) is 12.0. The van der Waals surface area contributed by atoms with Gasteiger partial charge in [-0.15, -0.1) is 0 Å². The number of anilines is 1. The van der Waals surface area contributed by atoms with Crippen LogP contribution in [0.15, 0.2) is 41.5 Å². The Morgan fingerprint density at radius 1 is 1.02 bits per heavy atom. The maximum absolute atomic E-state index is 11.7. The van der Waals surface area contributed by atoms with Gasteiger partial charge in [0.15, 0.2) is 0 Å². The number of fused-ring (bicyclic) bond motifs is 1. The third kappa shape index (κ3) is 15.7. The number of aryl methyl sites for hydroxylation is 2. The molecule has 0 saturated carbocycles. The second-order valence-corrected chi connectivity index (χ2v) is 11.2. The molecule has 0 radical (unpaired) electrons. The summed E-state index contributed by atoms with van der Waals surface area (Å²) in [6.07, 6.45) is 5.30. The van der Waals surface area contributed by atoms with Crippen molar-refractivity contribution in [1.82, 2.24) is 9.88 Å². The van der Waals surface area contributed by atoms with Gasteiger partial charge in [0.05, 0.1) is 59.3 Å². The Morgan fingerprint density at radius 3 is 2.46 bits per heavy atom. The van der Waals surface area contributed by atoms with Crippen LogP contribution >= 0.6 is 0 Å². The van der Waals surface area contributed by atoms with Crippen LogP contribution in [0.5, 0.6) is 5.75 Å². The number of carbonyl (C=O) groups is 1. The van der Waals surface area contributed by atoms with E-state index >= 15 is 0 Å². The summed E-state index contributed by atoms with van der Waals surface area (Å²) in [7, 11) is 2.05. The molecule has 1 atom stereocenters. The lowest BCUT2D eigenvalue weighted by Crippen LogP contribution is -2.27. The molecule has 13 nitrogen and oxygen atoms in total. The standard InChI is InChI=1S/C33H50N6O7/c1-39(14-3-2-8-30-11-10-27-7-5-12-35-33(27)37-30)26-29(25-32(40)41)28-6-4-9-31(24-28)46-23-22-45-21-20-44-19-18-43-17-16-42-15-13-36-38-34/h4,6,9-11,24,29H,2-3,5,7-8,12-23,25-26H2,1H3,(H,35,37)(H,40,41)/t29-/m1/s1. The molecule has 0 spiro atoms. The van der Waals surface area contributed by atoms with Gasteiger partial charge >= 0.3 is 5.97 Å². The summed E-state index contributed by atoms with van der Waals surface area (Å²) >= 11 is 0. The number of ether oxygens (including phenoxy) is 5. The predicted octanol–water partition coefficient (Wildman–Crippen LogP) is 4.71. The molecule has 1 aliphatic rings. The normalized spacial score (nSPS) is 13.1. The largest absolute Gasteiger partial charge is 0.491 e. The van der Waals surface area contributed by atoms with E-state index in [4.69, 9.17) is 34.2 Å². The Kier molecular flexibility index (Phi) is 18.5. The van der Waals surface area contributed by atoms with E-state index in [0.717, 1.165) is 62.3 Å². The summed E-state index contributed by atoms with van der Waals surface area (Å²) in [6.45, 7) is 6.74. The first-order valence-corrected chi connectivity index (χ1v) is 16.2. The van der Waals surface area contributed by atoms with E-state index in [-0.39, 0.29) is 12.3 Å². The first-order chi connectivity index (χ1) is 22.5. The van der Waals surface area contributed by atoms with Crippen molar-refractivity contribution in [1.29, 1.82) is 0 Å². The number of aliphatic carboxylic acids is 1. The molecule has 0 bridgehead atoms. The lowest BCUT2D eigenvalue weighted by molar-refractivity contribution is -0.137. The number of hydrogen-bond acceptors (Lipinski definition) is 10. The number of carboxylic acid groups (broad SMARTS) is 1. The van der Waals surface area contributed by atoms with Gasteiger partial charge in [0.1, 0.15) is 18.2 Å². The van der Waals surface area contributed by atoms with Crippen molar-refractivity contribution >= 4 is 11.8 Å². The van der Waals surface area contributed by atoms with Crippen LogP contribution in [0.3, 0.4) is 0 Å². The van der Waals surface area contributed by atoms with E-state index in [1.165, 1.54) is 5.56 Å². The van der Waals surface area contributed by atoms with Gasteiger partial charge in [-0.25, -0.2) is 4.98 Å². The number of pyridine rings is 1. The minimum absolute atomic E-state index is 0.0562. The van der Waals surface area contributed by atoms with Crippen molar-refractivity contribution in [2.45, 2.75) is 44.4 Å². The number of hydrogen-bond donors (Lipinski definition) is 2. The van der Waals surface area contributed by atoms with Crippen molar-refractivity contribution in [2.75, 3.05) is 98.0 Å². The molecule has 46 heavy (non-hydrogen) atoms. The van der Waals surface area contributed by atoms with Crippen LogP contribution in [0.4, 0.5) is 5.82 Å². The van der Waals surface area contributed by atoms with E-state index in [1.807, 2.05) is 24.3 Å². The highest BCUT2D eigenvalue weighted by Crippen LogP contribution is 2.25. The summed E-state index contributed by atoms with van der Waals surface area (Å²) in [4.78, 5) is 21.4. The topological polar surface area (TPSA) is 160 Å². The number of likely N-dealkylation sites (N-methyl/N-ethyl adjacent to an activating group) is 1.